The van der Waals surface area contributed by atoms with Gasteiger partial charge in [-0.25, -0.2) is 0 Å². The van der Waals surface area contributed by atoms with Crippen molar-refractivity contribution >= 4 is 17.5 Å². The molecule has 1 unspecified atom stereocenters. The highest BCUT2D eigenvalue weighted by Crippen LogP contribution is 2.39. The fraction of sp³-hybridized carbons (Fsp3) is 0.450. The van der Waals surface area contributed by atoms with Crippen molar-refractivity contribution in [3.8, 4) is 17.0 Å². The molecule has 1 atom stereocenters. The third-order valence-electron chi connectivity index (χ3n) is 4.79. The number of aromatic nitrogens is 2. The molecule has 1 aliphatic heterocycles. The predicted octanol–water partition coefficient (Wildman–Crippen LogP) is 2.95. The van der Waals surface area contributed by atoms with Crippen LogP contribution in [-0.4, -0.2) is 53.1 Å². The highest BCUT2D eigenvalue weighted by molar-refractivity contribution is 6.32. The van der Waals surface area contributed by atoms with Gasteiger partial charge in [0.25, 0.3) is 0 Å². The normalized spacial score (nSPS) is 15.5. The first-order chi connectivity index (χ1) is 13.1. The number of hydrogen-bond donors (Lipinski definition) is 1. The molecule has 2 heterocycles. The van der Waals surface area contributed by atoms with Crippen LogP contribution in [0.25, 0.3) is 11.3 Å². The van der Waals surface area contributed by atoms with Crippen molar-refractivity contribution in [1.29, 1.82) is 0 Å². The number of carbonyl (C=O) groups is 1. The average molecular weight is 389 g/mol. The van der Waals surface area contributed by atoms with Crippen molar-refractivity contribution in [3.63, 3.8) is 0 Å². The lowest BCUT2D eigenvalue weighted by Gasteiger charge is -2.18. The quantitative estimate of drug-likeness (QED) is 0.753. The molecule has 0 aliphatic carbocycles. The van der Waals surface area contributed by atoms with E-state index in [-0.39, 0.29) is 12.0 Å². The van der Waals surface area contributed by atoms with E-state index in [4.69, 9.17) is 16.3 Å². The third kappa shape index (κ3) is 4.96. The second-order valence-electron chi connectivity index (χ2n) is 6.56. The second kappa shape index (κ2) is 9.15. The fourth-order valence-corrected chi connectivity index (χ4v) is 3.50. The molecule has 6 nitrogen and oxygen atoms in total. The molecule has 0 saturated heterocycles. The Balaban J connectivity index is 1.56. The molecule has 1 aromatic carbocycles. The number of hydrogen-bond acceptors (Lipinski definition) is 5. The molecule has 0 bridgehead atoms. The summed E-state index contributed by atoms with van der Waals surface area (Å²) < 4.78 is 5.95. The lowest BCUT2D eigenvalue weighted by Crippen LogP contribution is -2.36. The van der Waals surface area contributed by atoms with Gasteiger partial charge in [0.05, 0.1) is 23.5 Å². The summed E-state index contributed by atoms with van der Waals surface area (Å²) in [6, 6.07) is 3.88. The number of rotatable bonds is 8. The van der Waals surface area contributed by atoms with Crippen LogP contribution in [-0.2, 0) is 11.2 Å². The van der Waals surface area contributed by atoms with E-state index in [9.17, 15) is 4.79 Å². The molecule has 0 fully saturated rings. The van der Waals surface area contributed by atoms with E-state index < -0.39 is 0 Å². The molecule has 0 saturated carbocycles. The summed E-state index contributed by atoms with van der Waals surface area (Å²) in [4.78, 5) is 22.7. The van der Waals surface area contributed by atoms with Crippen molar-refractivity contribution in [1.82, 2.24) is 20.2 Å². The number of nitrogens with one attached hydrogen (secondary N) is 1. The van der Waals surface area contributed by atoms with Crippen LogP contribution >= 0.6 is 11.6 Å². The van der Waals surface area contributed by atoms with Crippen LogP contribution in [0.15, 0.2) is 30.7 Å². The van der Waals surface area contributed by atoms with Crippen LogP contribution in [0.3, 0.4) is 0 Å². The monoisotopic (exact) mass is 388 g/mol. The molecule has 1 aliphatic rings. The van der Waals surface area contributed by atoms with Crippen molar-refractivity contribution in [2.75, 3.05) is 26.2 Å². The van der Waals surface area contributed by atoms with Gasteiger partial charge in [0.1, 0.15) is 11.9 Å². The lowest BCUT2D eigenvalue weighted by molar-refractivity contribution is -0.121. The summed E-state index contributed by atoms with van der Waals surface area (Å²) in [5, 5.41) is 3.53. The lowest BCUT2D eigenvalue weighted by atomic mass is 10.0. The number of ether oxygens (including phenoxy) is 1. The van der Waals surface area contributed by atoms with Gasteiger partial charge < -0.3 is 15.0 Å². The first kappa shape index (κ1) is 19.6. The molecule has 27 heavy (non-hydrogen) atoms. The Hall–Kier alpha value is -2.18. The Morgan fingerprint density at radius 2 is 2.15 bits per heavy atom. The van der Waals surface area contributed by atoms with E-state index in [0.717, 1.165) is 36.5 Å². The second-order valence-corrected chi connectivity index (χ2v) is 6.97. The molecular weight excluding hydrogens is 364 g/mol. The van der Waals surface area contributed by atoms with Gasteiger partial charge >= 0.3 is 0 Å². The van der Waals surface area contributed by atoms with Gasteiger partial charge in [-0.05, 0) is 25.2 Å². The largest absolute Gasteiger partial charge is 0.486 e. The van der Waals surface area contributed by atoms with Crippen molar-refractivity contribution in [2.24, 2.45) is 0 Å². The van der Waals surface area contributed by atoms with Crippen LogP contribution < -0.4 is 10.1 Å². The van der Waals surface area contributed by atoms with E-state index in [1.54, 1.807) is 18.6 Å². The first-order valence-electron chi connectivity index (χ1n) is 9.35. The van der Waals surface area contributed by atoms with Crippen LogP contribution in [0.5, 0.6) is 5.75 Å². The van der Waals surface area contributed by atoms with Crippen LogP contribution in [0.2, 0.25) is 5.02 Å². The van der Waals surface area contributed by atoms with E-state index in [1.807, 2.05) is 12.1 Å². The maximum absolute atomic E-state index is 12.1. The smallest absolute Gasteiger partial charge is 0.221 e. The SMILES string of the molecule is CCN(CC)CCC(=O)NCC1Cc2cc(-c3cnccn3)cc(Cl)c2O1. The molecule has 3 rings (SSSR count). The summed E-state index contributed by atoms with van der Waals surface area (Å²) in [6.45, 7) is 7.36. The van der Waals surface area contributed by atoms with Gasteiger partial charge in [0.15, 0.2) is 0 Å². The zero-order chi connectivity index (χ0) is 19.2. The van der Waals surface area contributed by atoms with E-state index in [0.29, 0.717) is 30.2 Å². The standard InChI is InChI=1S/C20H25ClN4O2/c1-3-25(4-2)8-5-19(26)24-12-16-10-15-9-14(11-17(21)20(15)27-16)18-13-22-6-7-23-18/h6-7,9,11,13,16H,3-5,8,10,12H2,1-2H3,(H,24,26). The van der Waals surface area contributed by atoms with E-state index >= 15 is 0 Å². The minimum absolute atomic E-state index is 0.0489. The zero-order valence-electron chi connectivity index (χ0n) is 15.7. The number of benzene rings is 1. The number of fused-ring (bicyclic) bond motifs is 1. The molecule has 1 aromatic heterocycles. The molecule has 2 aromatic rings. The van der Waals surface area contributed by atoms with Gasteiger partial charge in [0.2, 0.25) is 5.91 Å². The Kier molecular flexibility index (Phi) is 6.63. The van der Waals surface area contributed by atoms with Crippen molar-refractivity contribution in [2.45, 2.75) is 32.8 Å². The Bertz CT molecular complexity index is 781. The summed E-state index contributed by atoms with van der Waals surface area (Å²) in [6.07, 6.45) is 6.11. The molecule has 144 valence electrons. The van der Waals surface area contributed by atoms with E-state index in [1.165, 1.54) is 0 Å². The zero-order valence-corrected chi connectivity index (χ0v) is 16.5. The summed E-state index contributed by atoms with van der Waals surface area (Å²) in [5.74, 6) is 0.750. The maximum Gasteiger partial charge on any atom is 0.221 e. The highest BCUT2D eigenvalue weighted by atomic mass is 35.5. The molecule has 0 radical (unpaired) electrons. The molecule has 1 amide bonds. The summed E-state index contributed by atoms with van der Waals surface area (Å²) in [5.41, 5.74) is 2.72. The average Bonchev–Trinajstić information content (AvgIpc) is 3.11. The van der Waals surface area contributed by atoms with Gasteiger partial charge in [-0.3, -0.25) is 14.8 Å². The number of amides is 1. The number of carbonyl (C=O) groups excluding carboxylic acids is 1. The van der Waals surface area contributed by atoms with Crippen molar-refractivity contribution < 1.29 is 9.53 Å². The Morgan fingerprint density at radius 1 is 1.33 bits per heavy atom. The topological polar surface area (TPSA) is 67.4 Å². The van der Waals surface area contributed by atoms with Gasteiger partial charge in [-0.15, -0.1) is 0 Å². The summed E-state index contributed by atoms with van der Waals surface area (Å²) in [7, 11) is 0. The Labute approximate surface area is 164 Å². The molecular formula is C20H25ClN4O2. The fourth-order valence-electron chi connectivity index (χ4n) is 3.21. The van der Waals surface area contributed by atoms with Gasteiger partial charge in [-0.2, -0.15) is 0 Å². The number of halogens is 1. The van der Waals surface area contributed by atoms with Gasteiger partial charge in [0, 0.05) is 42.9 Å². The van der Waals surface area contributed by atoms with Crippen LogP contribution in [0.4, 0.5) is 0 Å². The Morgan fingerprint density at radius 3 is 2.85 bits per heavy atom. The third-order valence-corrected chi connectivity index (χ3v) is 5.07. The highest BCUT2D eigenvalue weighted by Gasteiger charge is 2.26. The molecule has 0 spiro atoms. The van der Waals surface area contributed by atoms with E-state index in [2.05, 4.69) is 34.0 Å². The van der Waals surface area contributed by atoms with Gasteiger partial charge in [-0.1, -0.05) is 25.4 Å². The predicted molar refractivity (Wildman–Crippen MR) is 106 cm³/mol. The van der Waals surface area contributed by atoms with Crippen LogP contribution in [0.1, 0.15) is 25.8 Å². The first-order valence-corrected chi connectivity index (χ1v) is 9.73. The summed E-state index contributed by atoms with van der Waals surface area (Å²) >= 11 is 6.40. The number of nitrogens with zero attached hydrogens (tertiary/aromatic N) is 3. The minimum Gasteiger partial charge on any atom is -0.486 e. The molecule has 1 N–H and O–H groups in total. The van der Waals surface area contributed by atoms with Crippen LogP contribution in [0, 0.1) is 0 Å². The maximum atomic E-state index is 12.1. The minimum atomic E-state index is -0.105. The molecule has 7 heteroatoms. The van der Waals surface area contributed by atoms with Crippen molar-refractivity contribution in [3.05, 3.63) is 41.3 Å².